The van der Waals surface area contributed by atoms with Crippen LogP contribution in [-0.4, -0.2) is 79.6 Å². The van der Waals surface area contributed by atoms with Gasteiger partial charge >= 0.3 is 6.03 Å². The van der Waals surface area contributed by atoms with Gasteiger partial charge in [0.15, 0.2) is 0 Å². The molecule has 1 N–H and O–H groups in total. The van der Waals surface area contributed by atoms with Gasteiger partial charge in [-0.05, 0) is 48.5 Å². The van der Waals surface area contributed by atoms with Crippen molar-refractivity contribution in [1.82, 2.24) is 14.7 Å². The molecule has 204 valence electrons. The number of rotatable bonds is 9. The summed E-state index contributed by atoms with van der Waals surface area (Å²) in [5.41, 5.74) is 2.01. The molecule has 3 aromatic carbocycles. The van der Waals surface area contributed by atoms with E-state index in [1.54, 1.807) is 41.2 Å². The van der Waals surface area contributed by atoms with Crippen LogP contribution < -0.4 is 10.1 Å². The number of nitrogens with one attached hydrogen (secondary N) is 1. The number of methoxy groups -OCH3 is 1. The molecule has 0 saturated carbocycles. The largest absolute Gasteiger partial charge is 0.496 e. The van der Waals surface area contributed by atoms with Crippen molar-refractivity contribution < 1.29 is 18.7 Å². The molecular weight excluding hydrogens is 519 g/mol. The number of carbonyl (C=O) groups is 2. The first-order valence-corrected chi connectivity index (χ1v) is 13.2. The quantitative estimate of drug-likeness (QED) is 0.382. The molecule has 7 nitrogen and oxygen atoms in total. The van der Waals surface area contributed by atoms with Crippen molar-refractivity contribution in [2.75, 3.05) is 58.2 Å². The molecule has 0 aromatic heterocycles. The number of urea groups is 1. The van der Waals surface area contributed by atoms with E-state index in [9.17, 15) is 14.0 Å². The van der Waals surface area contributed by atoms with Gasteiger partial charge in [-0.3, -0.25) is 9.69 Å². The predicted molar refractivity (Wildman–Crippen MR) is 153 cm³/mol. The highest BCUT2D eigenvalue weighted by Crippen LogP contribution is 2.19. The highest BCUT2D eigenvalue weighted by molar-refractivity contribution is 6.30. The SMILES string of the molecule is COc1ccccc1/C=C/CN(CCN1CCN(C(=O)Nc2cccc(Cl)c2)CC1)C(=O)c1ccc(F)cc1. The number of anilines is 1. The third-order valence-electron chi connectivity index (χ3n) is 6.56. The average molecular weight is 551 g/mol. The first-order chi connectivity index (χ1) is 18.9. The van der Waals surface area contributed by atoms with Gasteiger partial charge in [-0.15, -0.1) is 0 Å². The van der Waals surface area contributed by atoms with Gasteiger partial charge in [0, 0.05) is 67.7 Å². The Kier molecular flexibility index (Phi) is 9.94. The molecule has 1 aliphatic rings. The molecule has 0 aliphatic carbocycles. The van der Waals surface area contributed by atoms with Crippen LogP contribution in [0.1, 0.15) is 15.9 Å². The van der Waals surface area contributed by atoms with Crippen LogP contribution in [0.4, 0.5) is 14.9 Å². The van der Waals surface area contributed by atoms with E-state index in [1.807, 2.05) is 36.4 Å². The van der Waals surface area contributed by atoms with Crippen molar-refractivity contribution in [3.05, 3.63) is 101 Å². The molecule has 0 radical (unpaired) electrons. The van der Waals surface area contributed by atoms with Crippen LogP contribution in [-0.2, 0) is 0 Å². The van der Waals surface area contributed by atoms with E-state index in [-0.39, 0.29) is 17.8 Å². The van der Waals surface area contributed by atoms with E-state index in [2.05, 4.69) is 10.2 Å². The van der Waals surface area contributed by atoms with Crippen molar-refractivity contribution in [1.29, 1.82) is 0 Å². The van der Waals surface area contributed by atoms with Gasteiger partial charge < -0.3 is 19.9 Å². The maximum Gasteiger partial charge on any atom is 0.321 e. The summed E-state index contributed by atoms with van der Waals surface area (Å²) in [4.78, 5) is 31.7. The van der Waals surface area contributed by atoms with Crippen LogP contribution in [0.3, 0.4) is 0 Å². The number of para-hydroxylation sites is 1. The van der Waals surface area contributed by atoms with E-state index in [0.717, 1.165) is 11.3 Å². The first-order valence-electron chi connectivity index (χ1n) is 12.8. The van der Waals surface area contributed by atoms with Crippen LogP contribution in [0.2, 0.25) is 5.02 Å². The molecule has 39 heavy (non-hydrogen) atoms. The predicted octanol–water partition coefficient (Wildman–Crippen LogP) is 5.49. The van der Waals surface area contributed by atoms with E-state index in [0.29, 0.717) is 62.1 Å². The summed E-state index contributed by atoms with van der Waals surface area (Å²) in [6.07, 6.45) is 3.86. The van der Waals surface area contributed by atoms with Crippen LogP contribution in [0.25, 0.3) is 6.08 Å². The fourth-order valence-corrected chi connectivity index (χ4v) is 4.56. The highest BCUT2D eigenvalue weighted by Gasteiger charge is 2.22. The number of carbonyl (C=O) groups excluding carboxylic acids is 2. The molecule has 0 unspecified atom stereocenters. The molecule has 1 heterocycles. The molecule has 0 spiro atoms. The first kappa shape index (κ1) is 28.1. The van der Waals surface area contributed by atoms with Crippen LogP contribution in [0.15, 0.2) is 78.9 Å². The molecule has 4 rings (SSSR count). The Morgan fingerprint density at radius 1 is 1.03 bits per heavy atom. The van der Waals surface area contributed by atoms with Gasteiger partial charge in [0.2, 0.25) is 0 Å². The standard InChI is InChI=1S/C30H32ClFN4O3/c1-39-28-10-3-2-6-23(28)7-5-15-35(29(37)24-11-13-26(32)14-12-24)19-16-34-17-20-36(21-18-34)30(38)33-27-9-4-8-25(31)22-27/h2-14,22H,15-21H2,1H3,(H,33,38)/b7-5+. The van der Waals surface area contributed by atoms with Gasteiger partial charge in [-0.1, -0.05) is 48.0 Å². The minimum atomic E-state index is -0.383. The van der Waals surface area contributed by atoms with Crippen LogP contribution in [0.5, 0.6) is 5.75 Å². The van der Waals surface area contributed by atoms with Gasteiger partial charge in [-0.25, -0.2) is 9.18 Å². The number of benzene rings is 3. The Balaban J connectivity index is 1.34. The number of hydrogen-bond donors (Lipinski definition) is 1. The van der Waals surface area contributed by atoms with Gasteiger partial charge in [-0.2, -0.15) is 0 Å². The molecule has 1 fully saturated rings. The van der Waals surface area contributed by atoms with E-state index in [4.69, 9.17) is 16.3 Å². The minimum absolute atomic E-state index is 0.161. The lowest BCUT2D eigenvalue weighted by Gasteiger charge is -2.35. The molecule has 1 aliphatic heterocycles. The molecular formula is C30H32ClFN4O3. The van der Waals surface area contributed by atoms with Crippen molar-refractivity contribution in [3.63, 3.8) is 0 Å². The zero-order valence-electron chi connectivity index (χ0n) is 21.9. The summed E-state index contributed by atoms with van der Waals surface area (Å²) in [6.45, 7) is 4.06. The smallest absolute Gasteiger partial charge is 0.321 e. The Morgan fingerprint density at radius 3 is 2.49 bits per heavy atom. The zero-order valence-corrected chi connectivity index (χ0v) is 22.6. The van der Waals surface area contributed by atoms with Gasteiger partial charge in [0.05, 0.1) is 7.11 Å². The zero-order chi connectivity index (χ0) is 27.6. The molecule has 0 atom stereocenters. The van der Waals surface area contributed by atoms with E-state index in [1.165, 1.54) is 24.3 Å². The van der Waals surface area contributed by atoms with Crippen LogP contribution in [0, 0.1) is 5.82 Å². The lowest BCUT2D eigenvalue weighted by molar-refractivity contribution is 0.0739. The Bertz CT molecular complexity index is 1290. The fraction of sp³-hybridized carbons (Fsp3) is 0.267. The van der Waals surface area contributed by atoms with E-state index >= 15 is 0 Å². The Morgan fingerprint density at radius 2 is 1.77 bits per heavy atom. The summed E-state index contributed by atoms with van der Waals surface area (Å²) in [5.74, 6) is 0.202. The minimum Gasteiger partial charge on any atom is -0.496 e. The Hall–Kier alpha value is -3.88. The van der Waals surface area contributed by atoms with Crippen molar-refractivity contribution in [3.8, 4) is 5.75 Å². The lowest BCUT2D eigenvalue weighted by Crippen LogP contribution is -2.51. The normalized spacial score (nSPS) is 13.9. The number of piperazine rings is 1. The number of hydrogen-bond acceptors (Lipinski definition) is 4. The summed E-state index contributed by atoms with van der Waals surface area (Å²) >= 11 is 6.01. The summed E-state index contributed by atoms with van der Waals surface area (Å²) in [7, 11) is 1.62. The topological polar surface area (TPSA) is 65.1 Å². The third kappa shape index (κ3) is 8.05. The monoisotopic (exact) mass is 550 g/mol. The number of amides is 3. The summed E-state index contributed by atoms with van der Waals surface area (Å²) in [6, 6.07) is 20.2. The maximum absolute atomic E-state index is 13.4. The second kappa shape index (κ2) is 13.8. The van der Waals surface area contributed by atoms with Crippen molar-refractivity contribution >= 4 is 35.3 Å². The highest BCUT2D eigenvalue weighted by atomic mass is 35.5. The molecule has 3 amide bonds. The lowest BCUT2D eigenvalue weighted by atomic mass is 10.1. The van der Waals surface area contributed by atoms with Gasteiger partial charge in [0.25, 0.3) is 5.91 Å². The molecule has 9 heteroatoms. The Labute approximate surface area is 233 Å². The maximum atomic E-state index is 13.4. The third-order valence-corrected chi connectivity index (χ3v) is 6.80. The van der Waals surface area contributed by atoms with Crippen molar-refractivity contribution in [2.45, 2.75) is 0 Å². The van der Waals surface area contributed by atoms with E-state index < -0.39 is 0 Å². The fourth-order valence-electron chi connectivity index (χ4n) is 4.37. The van der Waals surface area contributed by atoms with Crippen molar-refractivity contribution in [2.24, 2.45) is 0 Å². The average Bonchev–Trinajstić information content (AvgIpc) is 2.95. The number of ether oxygens (including phenoxy) is 1. The molecule has 3 aromatic rings. The van der Waals surface area contributed by atoms with Gasteiger partial charge in [0.1, 0.15) is 11.6 Å². The summed E-state index contributed by atoms with van der Waals surface area (Å²) < 4.78 is 18.8. The number of halogens is 2. The molecule has 1 saturated heterocycles. The second-order valence-corrected chi connectivity index (χ2v) is 9.61. The second-order valence-electron chi connectivity index (χ2n) is 9.17. The summed E-state index contributed by atoms with van der Waals surface area (Å²) in [5, 5.41) is 3.45. The number of nitrogens with zero attached hydrogens (tertiary/aromatic N) is 3. The van der Waals surface area contributed by atoms with Crippen LogP contribution >= 0.6 is 11.6 Å². The molecule has 0 bridgehead atoms.